The monoisotopic (exact) mass is 280 g/mol. The van der Waals surface area contributed by atoms with Gasteiger partial charge in [0.15, 0.2) is 0 Å². The molecule has 1 aromatic rings. The van der Waals surface area contributed by atoms with Gasteiger partial charge in [0.1, 0.15) is 0 Å². The maximum atomic E-state index is 12.2. The third kappa shape index (κ3) is 3.57. The van der Waals surface area contributed by atoms with Gasteiger partial charge in [-0.05, 0) is 55.8 Å². The minimum atomic E-state index is 0.107. The third-order valence-corrected chi connectivity index (χ3v) is 4.84. The summed E-state index contributed by atoms with van der Waals surface area (Å²) in [5.41, 5.74) is 1.26. The van der Waals surface area contributed by atoms with Crippen LogP contribution in [0.25, 0.3) is 0 Å². The maximum Gasteiger partial charge on any atom is 0.261 e. The highest BCUT2D eigenvalue weighted by Gasteiger charge is 2.28. The van der Waals surface area contributed by atoms with Crippen molar-refractivity contribution in [2.24, 2.45) is 0 Å². The summed E-state index contributed by atoms with van der Waals surface area (Å²) >= 11 is 1.57. The Morgan fingerprint density at radius 3 is 2.74 bits per heavy atom. The van der Waals surface area contributed by atoms with Gasteiger partial charge in [-0.25, -0.2) is 0 Å². The minimum absolute atomic E-state index is 0.107. The van der Waals surface area contributed by atoms with Gasteiger partial charge in [-0.1, -0.05) is 13.8 Å². The summed E-state index contributed by atoms with van der Waals surface area (Å²) in [6.45, 7) is 9.27. The van der Waals surface area contributed by atoms with Crippen molar-refractivity contribution in [3.63, 3.8) is 0 Å². The number of carbonyl (C=O) groups is 1. The van der Waals surface area contributed by atoms with Crippen molar-refractivity contribution in [3.05, 3.63) is 21.9 Å². The van der Waals surface area contributed by atoms with Crippen LogP contribution in [0.3, 0.4) is 0 Å². The lowest BCUT2D eigenvalue weighted by Gasteiger charge is -2.26. The first-order valence-electron chi connectivity index (χ1n) is 7.27. The molecule has 1 amide bonds. The number of rotatable bonds is 7. The van der Waals surface area contributed by atoms with E-state index in [1.165, 1.54) is 18.4 Å². The molecule has 0 aromatic carbocycles. The first-order chi connectivity index (χ1) is 9.17. The summed E-state index contributed by atoms with van der Waals surface area (Å²) in [6, 6.07) is 2.51. The number of carbonyl (C=O) groups excluding carboxylic acids is 1. The van der Waals surface area contributed by atoms with E-state index in [9.17, 15) is 4.79 Å². The lowest BCUT2D eigenvalue weighted by Crippen LogP contribution is -2.41. The standard InChI is InChI=1S/C15H24N2OS/c1-4-17(5-2)11(3)10-16-15(18)14-13(8-9-19-14)12-6-7-12/h8-9,11-12H,4-7,10H2,1-3H3,(H,16,18)/t11-/m1/s1. The molecule has 0 bridgehead atoms. The average Bonchev–Trinajstić information content (AvgIpc) is 3.14. The summed E-state index contributed by atoms with van der Waals surface area (Å²) in [4.78, 5) is 15.5. The topological polar surface area (TPSA) is 32.3 Å². The molecule has 4 heteroatoms. The molecule has 1 heterocycles. The molecule has 1 aliphatic carbocycles. The average molecular weight is 280 g/mol. The van der Waals surface area contributed by atoms with Crippen molar-refractivity contribution in [2.45, 2.75) is 45.6 Å². The molecule has 0 spiro atoms. The van der Waals surface area contributed by atoms with Gasteiger partial charge in [0, 0.05) is 12.6 Å². The van der Waals surface area contributed by atoms with Gasteiger partial charge in [0.2, 0.25) is 0 Å². The molecule has 19 heavy (non-hydrogen) atoms. The van der Waals surface area contributed by atoms with Gasteiger partial charge in [0.25, 0.3) is 5.91 Å². The molecule has 0 radical (unpaired) electrons. The Labute approximate surface area is 120 Å². The molecule has 1 fully saturated rings. The lowest BCUT2D eigenvalue weighted by atomic mass is 10.1. The fourth-order valence-electron chi connectivity index (χ4n) is 2.52. The summed E-state index contributed by atoms with van der Waals surface area (Å²) in [6.07, 6.45) is 2.49. The van der Waals surface area contributed by atoms with Crippen LogP contribution >= 0.6 is 11.3 Å². The predicted molar refractivity (Wildman–Crippen MR) is 81.0 cm³/mol. The molecule has 0 unspecified atom stereocenters. The number of nitrogens with zero attached hydrogens (tertiary/aromatic N) is 1. The van der Waals surface area contributed by atoms with Crippen molar-refractivity contribution in [2.75, 3.05) is 19.6 Å². The van der Waals surface area contributed by atoms with Crippen LogP contribution in [0.15, 0.2) is 11.4 Å². The fourth-order valence-corrected chi connectivity index (χ4v) is 3.42. The molecular weight excluding hydrogens is 256 g/mol. The number of amides is 1. The summed E-state index contributed by atoms with van der Waals surface area (Å²) < 4.78 is 0. The molecule has 1 atom stereocenters. The van der Waals surface area contributed by atoms with Gasteiger partial charge in [-0.3, -0.25) is 9.69 Å². The Morgan fingerprint density at radius 1 is 1.47 bits per heavy atom. The third-order valence-electron chi connectivity index (χ3n) is 3.91. The second kappa shape index (κ2) is 6.53. The van der Waals surface area contributed by atoms with Crippen LogP contribution < -0.4 is 5.32 Å². The van der Waals surface area contributed by atoms with Gasteiger partial charge in [-0.2, -0.15) is 0 Å². The zero-order valence-electron chi connectivity index (χ0n) is 12.1. The van der Waals surface area contributed by atoms with E-state index in [1.807, 2.05) is 5.38 Å². The Morgan fingerprint density at radius 2 is 2.16 bits per heavy atom. The number of thiophene rings is 1. The lowest BCUT2D eigenvalue weighted by molar-refractivity contribution is 0.0941. The highest BCUT2D eigenvalue weighted by molar-refractivity contribution is 7.12. The number of hydrogen-bond donors (Lipinski definition) is 1. The van der Waals surface area contributed by atoms with Crippen LogP contribution in [0.2, 0.25) is 0 Å². The maximum absolute atomic E-state index is 12.2. The van der Waals surface area contributed by atoms with Crippen LogP contribution in [-0.4, -0.2) is 36.5 Å². The van der Waals surface area contributed by atoms with Gasteiger partial charge < -0.3 is 5.32 Å². The van der Waals surface area contributed by atoms with Crippen molar-refractivity contribution in [3.8, 4) is 0 Å². The number of nitrogens with one attached hydrogen (secondary N) is 1. The SMILES string of the molecule is CCN(CC)[C@H](C)CNC(=O)c1sccc1C1CC1. The van der Waals surface area contributed by atoms with E-state index in [2.05, 4.69) is 37.1 Å². The largest absolute Gasteiger partial charge is 0.350 e. The molecule has 1 saturated carbocycles. The quantitative estimate of drug-likeness (QED) is 0.832. The normalized spacial score (nSPS) is 16.6. The van der Waals surface area contributed by atoms with Crippen LogP contribution in [0, 0.1) is 0 Å². The van der Waals surface area contributed by atoms with Gasteiger partial charge in [0.05, 0.1) is 4.88 Å². The number of likely N-dealkylation sites (N-methyl/N-ethyl adjacent to an activating group) is 1. The molecule has 2 rings (SSSR count). The second-order valence-corrected chi connectivity index (χ2v) is 6.18. The Bertz CT molecular complexity index is 422. The van der Waals surface area contributed by atoms with Crippen LogP contribution in [0.5, 0.6) is 0 Å². The molecular formula is C15H24N2OS. The van der Waals surface area contributed by atoms with E-state index < -0.39 is 0 Å². The molecule has 0 saturated heterocycles. The van der Waals surface area contributed by atoms with Crippen LogP contribution in [0.1, 0.15) is 54.8 Å². The van der Waals surface area contributed by atoms with E-state index in [0.29, 0.717) is 12.0 Å². The highest BCUT2D eigenvalue weighted by Crippen LogP contribution is 2.43. The van der Waals surface area contributed by atoms with E-state index in [-0.39, 0.29) is 5.91 Å². The summed E-state index contributed by atoms with van der Waals surface area (Å²) in [5.74, 6) is 0.753. The zero-order chi connectivity index (χ0) is 13.8. The summed E-state index contributed by atoms with van der Waals surface area (Å²) in [7, 11) is 0. The van der Waals surface area contributed by atoms with E-state index in [4.69, 9.17) is 0 Å². The Kier molecular flexibility index (Phi) is 4.99. The molecule has 1 N–H and O–H groups in total. The highest BCUT2D eigenvalue weighted by atomic mass is 32.1. The smallest absolute Gasteiger partial charge is 0.261 e. The van der Waals surface area contributed by atoms with Crippen molar-refractivity contribution in [1.29, 1.82) is 0 Å². The second-order valence-electron chi connectivity index (χ2n) is 5.26. The number of hydrogen-bond acceptors (Lipinski definition) is 3. The Balaban J connectivity index is 1.88. The van der Waals surface area contributed by atoms with Crippen LogP contribution in [0.4, 0.5) is 0 Å². The molecule has 3 nitrogen and oxygen atoms in total. The molecule has 1 aliphatic rings. The molecule has 0 aliphatic heterocycles. The first-order valence-corrected chi connectivity index (χ1v) is 8.14. The molecule has 106 valence electrons. The van der Waals surface area contributed by atoms with Crippen LogP contribution in [-0.2, 0) is 0 Å². The van der Waals surface area contributed by atoms with Crippen molar-refractivity contribution >= 4 is 17.2 Å². The predicted octanol–water partition coefficient (Wildman–Crippen LogP) is 3.09. The zero-order valence-corrected chi connectivity index (χ0v) is 12.9. The summed E-state index contributed by atoms with van der Waals surface area (Å²) in [5, 5.41) is 5.12. The first kappa shape index (κ1) is 14.5. The molecule has 1 aromatic heterocycles. The Hall–Kier alpha value is -0.870. The van der Waals surface area contributed by atoms with E-state index in [0.717, 1.165) is 24.5 Å². The van der Waals surface area contributed by atoms with Crippen molar-refractivity contribution < 1.29 is 4.79 Å². The minimum Gasteiger partial charge on any atom is -0.350 e. The van der Waals surface area contributed by atoms with Gasteiger partial charge in [-0.15, -0.1) is 11.3 Å². The van der Waals surface area contributed by atoms with Gasteiger partial charge >= 0.3 is 0 Å². The fraction of sp³-hybridized carbons (Fsp3) is 0.667. The van der Waals surface area contributed by atoms with E-state index in [1.54, 1.807) is 11.3 Å². The van der Waals surface area contributed by atoms with Crippen molar-refractivity contribution in [1.82, 2.24) is 10.2 Å². The van der Waals surface area contributed by atoms with E-state index >= 15 is 0 Å².